The van der Waals surface area contributed by atoms with Crippen LogP contribution in [0.15, 0.2) is 196 Å². The number of anilines is 5. The van der Waals surface area contributed by atoms with E-state index in [0.29, 0.717) is 40.0 Å². The first-order chi connectivity index (χ1) is 30.6. The number of hydrogen-bond donors (Lipinski definition) is 1. The highest BCUT2D eigenvalue weighted by molar-refractivity contribution is 6.17. The standard InChI is InChI=1S/C53H36N6O3/c1-32-15-13-23-41-50(32)62-47-27-12-8-22-40(47)59(41)43-30-42(58-38-20-6-10-25-45(38)61-46-26-11-7-21-39(46)58)34(31-54)29-37(43)53-56-51(33-16-3-2-4-17-33)55-52(57-53)36-19-14-28-48-49(36)35-18-5-9-24-44(35)60-48/h2-14,16-30,32,52H,15H2,1H3,(H,55,56,57). The number of nitrogens with zero attached hydrogens (tertiary/aromatic N) is 5. The highest BCUT2D eigenvalue weighted by atomic mass is 16.5. The molecule has 0 fully saturated rings. The smallest absolute Gasteiger partial charge is 0.159 e. The molecular formula is C53H36N6O3. The van der Waals surface area contributed by atoms with Crippen molar-refractivity contribution in [3.05, 3.63) is 204 Å². The molecule has 9 heteroatoms. The van der Waals surface area contributed by atoms with Crippen molar-refractivity contribution in [2.45, 2.75) is 19.5 Å². The summed E-state index contributed by atoms with van der Waals surface area (Å²) in [5, 5.41) is 17.0. The maximum absolute atomic E-state index is 11.2. The zero-order valence-electron chi connectivity index (χ0n) is 33.5. The summed E-state index contributed by atoms with van der Waals surface area (Å²) in [7, 11) is 0. The number of nitrogens with one attached hydrogen (secondary N) is 1. The van der Waals surface area contributed by atoms with Crippen LogP contribution in [0.3, 0.4) is 0 Å². The van der Waals surface area contributed by atoms with Crippen LogP contribution in [0.5, 0.6) is 17.2 Å². The fourth-order valence-electron chi connectivity index (χ4n) is 9.08. The van der Waals surface area contributed by atoms with Crippen LogP contribution in [-0.4, -0.2) is 11.7 Å². The average Bonchev–Trinajstić information content (AvgIpc) is 3.72. The largest absolute Gasteiger partial charge is 0.457 e. The van der Waals surface area contributed by atoms with Gasteiger partial charge in [0.1, 0.15) is 35.0 Å². The predicted molar refractivity (Wildman–Crippen MR) is 244 cm³/mol. The number of benzene rings is 7. The molecule has 1 N–H and O–H groups in total. The SMILES string of the molecule is CC1CC=CC2=C1Oc1ccccc1N2c1cc(N2c3ccccc3Oc3ccccc32)c(C#N)cc1C1=NC(c2ccccc2)=NC(c2cccc3oc4ccccc4c23)N1. The monoisotopic (exact) mass is 804 g/mol. The van der Waals surface area contributed by atoms with E-state index in [9.17, 15) is 5.26 Å². The third-order valence-electron chi connectivity index (χ3n) is 11.9. The van der Waals surface area contributed by atoms with Crippen molar-refractivity contribution in [2.24, 2.45) is 15.9 Å². The first kappa shape index (κ1) is 35.6. The zero-order valence-corrected chi connectivity index (χ0v) is 33.5. The summed E-state index contributed by atoms with van der Waals surface area (Å²) in [4.78, 5) is 15.0. The van der Waals surface area contributed by atoms with Gasteiger partial charge in [-0.25, -0.2) is 9.98 Å². The maximum atomic E-state index is 11.2. The van der Waals surface area contributed by atoms with Gasteiger partial charge in [0.15, 0.2) is 23.1 Å². The normalized spacial score (nSPS) is 17.4. The summed E-state index contributed by atoms with van der Waals surface area (Å²) in [6.45, 7) is 2.19. The minimum atomic E-state index is -0.570. The molecule has 1 aromatic heterocycles. The Morgan fingerprint density at radius 2 is 1.32 bits per heavy atom. The third-order valence-corrected chi connectivity index (χ3v) is 11.9. The second kappa shape index (κ2) is 14.1. The van der Waals surface area contributed by atoms with Crippen molar-refractivity contribution in [3.63, 3.8) is 0 Å². The van der Waals surface area contributed by atoms with Gasteiger partial charge in [0.25, 0.3) is 0 Å². The summed E-state index contributed by atoms with van der Waals surface area (Å²) in [6.07, 6.45) is 4.63. The summed E-state index contributed by atoms with van der Waals surface area (Å²) < 4.78 is 19.5. The lowest BCUT2D eigenvalue weighted by Gasteiger charge is -2.39. The lowest BCUT2D eigenvalue weighted by Crippen LogP contribution is -2.36. The summed E-state index contributed by atoms with van der Waals surface area (Å²) in [5.41, 5.74) is 9.47. The van der Waals surface area contributed by atoms with E-state index in [1.54, 1.807) is 0 Å². The van der Waals surface area contributed by atoms with Crippen molar-refractivity contribution < 1.29 is 13.9 Å². The van der Waals surface area contributed by atoms with Crippen LogP contribution < -0.4 is 24.6 Å². The number of para-hydroxylation sites is 7. The van der Waals surface area contributed by atoms with Gasteiger partial charge in [0.2, 0.25) is 0 Å². The predicted octanol–water partition coefficient (Wildman–Crippen LogP) is 12.9. The fraction of sp³-hybridized carbons (Fsp3) is 0.0755. The van der Waals surface area contributed by atoms with Crippen molar-refractivity contribution in [2.75, 3.05) is 9.80 Å². The summed E-state index contributed by atoms with van der Waals surface area (Å²) in [5.74, 6) is 4.26. The van der Waals surface area contributed by atoms with E-state index in [1.807, 2.05) is 133 Å². The Morgan fingerprint density at radius 1 is 0.661 bits per heavy atom. The van der Waals surface area contributed by atoms with Crippen LogP contribution in [0, 0.1) is 17.2 Å². The number of fused-ring (bicyclic) bond motifs is 6. The van der Waals surface area contributed by atoms with Gasteiger partial charge >= 0.3 is 0 Å². The molecule has 8 aromatic rings. The first-order valence-corrected chi connectivity index (χ1v) is 20.7. The molecule has 4 heterocycles. The van der Waals surface area contributed by atoms with Crippen LogP contribution in [0.2, 0.25) is 0 Å². The van der Waals surface area contributed by atoms with Gasteiger partial charge in [-0.15, -0.1) is 0 Å². The van der Waals surface area contributed by atoms with Gasteiger partial charge in [-0.1, -0.05) is 110 Å². The number of aliphatic imine (C=N–C) groups is 2. The molecule has 0 spiro atoms. The minimum Gasteiger partial charge on any atom is -0.457 e. The van der Waals surface area contributed by atoms with E-state index < -0.39 is 6.17 Å². The highest BCUT2D eigenvalue weighted by Crippen LogP contribution is 2.54. The van der Waals surface area contributed by atoms with Gasteiger partial charge in [-0.3, -0.25) is 0 Å². The van der Waals surface area contributed by atoms with E-state index in [2.05, 4.69) is 64.5 Å². The number of rotatable bonds is 5. The molecule has 2 unspecified atom stereocenters. The number of nitriles is 1. The molecular weight excluding hydrogens is 769 g/mol. The Hall–Kier alpha value is -8.35. The van der Waals surface area contributed by atoms with E-state index in [1.165, 1.54) is 0 Å². The van der Waals surface area contributed by atoms with Gasteiger partial charge in [0.05, 0.1) is 39.7 Å². The van der Waals surface area contributed by atoms with Crippen molar-refractivity contribution >= 4 is 62.0 Å². The number of furan rings is 1. The third kappa shape index (κ3) is 5.61. The molecule has 296 valence electrons. The Labute approximate surface area is 357 Å². The van der Waals surface area contributed by atoms with E-state index >= 15 is 0 Å². The molecule has 0 saturated heterocycles. The van der Waals surface area contributed by atoms with E-state index in [4.69, 9.17) is 23.9 Å². The zero-order chi connectivity index (χ0) is 41.3. The second-order valence-electron chi connectivity index (χ2n) is 15.7. The van der Waals surface area contributed by atoms with Gasteiger partial charge in [0, 0.05) is 33.4 Å². The van der Waals surface area contributed by atoms with Crippen LogP contribution in [0.4, 0.5) is 28.4 Å². The minimum absolute atomic E-state index is 0.127. The van der Waals surface area contributed by atoms with Gasteiger partial charge in [-0.05, 0) is 73.2 Å². The molecule has 0 amide bonds. The molecule has 12 rings (SSSR count). The topological polar surface area (TPSA) is 98.6 Å². The molecule has 4 aliphatic rings. The Kier molecular flexibility index (Phi) is 8.12. The number of amidine groups is 2. The van der Waals surface area contributed by atoms with Crippen molar-refractivity contribution in [1.29, 1.82) is 5.26 Å². The van der Waals surface area contributed by atoms with Crippen LogP contribution in [0.1, 0.15) is 41.8 Å². The van der Waals surface area contributed by atoms with Gasteiger partial charge < -0.3 is 29.0 Å². The number of allylic oxidation sites excluding steroid dienone is 3. The molecule has 9 nitrogen and oxygen atoms in total. The molecule has 0 radical (unpaired) electrons. The first-order valence-electron chi connectivity index (χ1n) is 20.7. The number of ether oxygens (including phenoxy) is 2. The van der Waals surface area contributed by atoms with Crippen molar-refractivity contribution in [1.82, 2.24) is 5.32 Å². The number of hydrogen-bond acceptors (Lipinski definition) is 9. The molecule has 1 aliphatic carbocycles. The van der Waals surface area contributed by atoms with Crippen molar-refractivity contribution in [3.8, 4) is 23.3 Å². The lowest BCUT2D eigenvalue weighted by molar-refractivity contribution is 0.342. The van der Waals surface area contributed by atoms with E-state index in [0.717, 1.165) is 79.4 Å². The summed E-state index contributed by atoms with van der Waals surface area (Å²) >= 11 is 0. The summed E-state index contributed by atoms with van der Waals surface area (Å²) in [6, 6.07) is 54.9. The molecule has 0 saturated carbocycles. The molecule has 2 atom stereocenters. The van der Waals surface area contributed by atoms with Crippen LogP contribution in [0.25, 0.3) is 21.9 Å². The highest BCUT2D eigenvalue weighted by Gasteiger charge is 2.36. The Morgan fingerprint density at radius 3 is 2.08 bits per heavy atom. The average molecular weight is 805 g/mol. The molecule has 7 aromatic carbocycles. The quantitative estimate of drug-likeness (QED) is 0.185. The van der Waals surface area contributed by atoms with Crippen LogP contribution >= 0.6 is 0 Å². The maximum Gasteiger partial charge on any atom is 0.159 e. The lowest BCUT2D eigenvalue weighted by atomic mass is 9.94. The molecule has 0 bridgehead atoms. The van der Waals surface area contributed by atoms with Crippen LogP contribution in [-0.2, 0) is 0 Å². The fourth-order valence-corrected chi connectivity index (χ4v) is 9.08. The molecule has 62 heavy (non-hydrogen) atoms. The van der Waals surface area contributed by atoms with Gasteiger partial charge in [-0.2, -0.15) is 5.26 Å². The Bertz CT molecular complexity index is 3270. The molecule has 3 aliphatic heterocycles. The Balaban J connectivity index is 1.14. The second-order valence-corrected chi connectivity index (χ2v) is 15.7. The van der Waals surface area contributed by atoms with E-state index in [-0.39, 0.29) is 5.92 Å².